The molecule has 1 fully saturated rings. The molecule has 2 aromatic rings. The van der Waals surface area contributed by atoms with Crippen molar-refractivity contribution in [1.82, 2.24) is 19.8 Å². The molecular formula is C18H22FN5O5S. The Morgan fingerprint density at radius 2 is 1.97 bits per heavy atom. The van der Waals surface area contributed by atoms with E-state index in [4.69, 9.17) is 4.74 Å². The molecule has 0 radical (unpaired) electrons. The highest BCUT2D eigenvalue weighted by atomic mass is 32.2. The van der Waals surface area contributed by atoms with Crippen LogP contribution in [0.5, 0.6) is 5.75 Å². The van der Waals surface area contributed by atoms with Gasteiger partial charge in [0, 0.05) is 19.1 Å². The maximum absolute atomic E-state index is 13.8. The zero-order valence-electron chi connectivity index (χ0n) is 16.4. The molecule has 2 amide bonds. The zero-order chi connectivity index (χ0) is 21.9. The number of aromatic amines is 1. The number of H-pyrrole nitrogens is 1. The molecule has 0 unspecified atom stereocenters. The van der Waals surface area contributed by atoms with Crippen LogP contribution in [0.1, 0.15) is 33.7 Å². The van der Waals surface area contributed by atoms with Crippen molar-refractivity contribution in [2.45, 2.75) is 18.9 Å². The molecule has 0 atom stereocenters. The molecule has 2 heterocycles. The standard InChI is InChI=1S/C18H22FN5O5S/c1-29-16-12(4-3-5-13(16)19)17(25)22-14-10-20-23-15(14)18(26)21-11-6-8-24(9-7-11)30(2,27)28/h3-5,10-11H,6-9H2,1-2H3,(H,20,23)(H,21,26)(H,22,25). The first-order chi connectivity index (χ1) is 14.2. The van der Waals surface area contributed by atoms with Gasteiger partial charge in [0.1, 0.15) is 5.69 Å². The van der Waals surface area contributed by atoms with Crippen molar-refractivity contribution in [3.63, 3.8) is 0 Å². The lowest BCUT2D eigenvalue weighted by Gasteiger charge is -2.30. The molecule has 3 N–H and O–H groups in total. The van der Waals surface area contributed by atoms with Crippen LogP contribution in [0.15, 0.2) is 24.4 Å². The van der Waals surface area contributed by atoms with Gasteiger partial charge < -0.3 is 15.4 Å². The topological polar surface area (TPSA) is 133 Å². The number of methoxy groups -OCH3 is 1. The summed E-state index contributed by atoms with van der Waals surface area (Å²) in [6.45, 7) is 0.630. The fourth-order valence-electron chi connectivity index (χ4n) is 3.23. The van der Waals surface area contributed by atoms with Crippen molar-refractivity contribution >= 4 is 27.5 Å². The Morgan fingerprint density at radius 3 is 2.60 bits per heavy atom. The molecule has 0 bridgehead atoms. The van der Waals surface area contributed by atoms with E-state index in [2.05, 4.69) is 20.8 Å². The number of benzene rings is 1. The molecule has 3 rings (SSSR count). The SMILES string of the molecule is COc1c(F)cccc1C(=O)Nc1cn[nH]c1C(=O)NC1CCN(S(C)(=O)=O)CC1. The summed E-state index contributed by atoms with van der Waals surface area (Å²) in [4.78, 5) is 25.2. The summed E-state index contributed by atoms with van der Waals surface area (Å²) in [5.41, 5.74) is 0.125. The van der Waals surface area contributed by atoms with Crippen LogP contribution >= 0.6 is 0 Å². The average molecular weight is 439 g/mol. The molecular weight excluding hydrogens is 417 g/mol. The quantitative estimate of drug-likeness (QED) is 0.614. The number of amides is 2. The lowest BCUT2D eigenvalue weighted by Crippen LogP contribution is -2.46. The second-order valence-corrected chi connectivity index (χ2v) is 8.83. The Kier molecular flexibility index (Phi) is 6.37. The van der Waals surface area contributed by atoms with Gasteiger partial charge in [0.25, 0.3) is 11.8 Å². The molecule has 1 aliphatic heterocycles. The number of anilines is 1. The Balaban J connectivity index is 1.66. The first-order valence-corrected chi connectivity index (χ1v) is 11.0. The first kappa shape index (κ1) is 21.7. The van der Waals surface area contributed by atoms with Gasteiger partial charge in [-0.2, -0.15) is 5.10 Å². The van der Waals surface area contributed by atoms with Crippen LogP contribution < -0.4 is 15.4 Å². The maximum Gasteiger partial charge on any atom is 0.271 e. The van der Waals surface area contributed by atoms with E-state index in [1.807, 2.05) is 0 Å². The van der Waals surface area contributed by atoms with Crippen LogP contribution in [-0.4, -0.2) is 67.2 Å². The second-order valence-electron chi connectivity index (χ2n) is 6.84. The number of hydrogen-bond donors (Lipinski definition) is 3. The van der Waals surface area contributed by atoms with Gasteiger partial charge in [-0.25, -0.2) is 17.1 Å². The number of ether oxygens (including phenoxy) is 1. The van der Waals surface area contributed by atoms with E-state index in [-0.39, 0.29) is 28.7 Å². The number of para-hydroxylation sites is 1. The van der Waals surface area contributed by atoms with Gasteiger partial charge in [-0.3, -0.25) is 14.7 Å². The summed E-state index contributed by atoms with van der Waals surface area (Å²) in [7, 11) is -2.01. The van der Waals surface area contributed by atoms with E-state index in [0.717, 1.165) is 6.26 Å². The third-order valence-electron chi connectivity index (χ3n) is 4.79. The monoisotopic (exact) mass is 439 g/mol. The van der Waals surface area contributed by atoms with E-state index >= 15 is 0 Å². The molecule has 10 nitrogen and oxygen atoms in total. The number of halogens is 1. The van der Waals surface area contributed by atoms with E-state index < -0.39 is 27.7 Å². The summed E-state index contributed by atoms with van der Waals surface area (Å²) < 4.78 is 43.3. The fraction of sp³-hybridized carbons (Fsp3) is 0.389. The van der Waals surface area contributed by atoms with Crippen molar-refractivity contribution in [2.75, 3.05) is 31.8 Å². The summed E-state index contributed by atoms with van der Waals surface area (Å²) >= 11 is 0. The van der Waals surface area contributed by atoms with Crippen molar-refractivity contribution in [3.05, 3.63) is 41.5 Å². The van der Waals surface area contributed by atoms with Crippen LogP contribution in [0.25, 0.3) is 0 Å². The summed E-state index contributed by atoms with van der Waals surface area (Å²) in [5.74, 6) is -2.05. The van der Waals surface area contributed by atoms with Crippen molar-refractivity contribution in [1.29, 1.82) is 0 Å². The molecule has 1 aliphatic rings. The summed E-state index contributed by atoms with van der Waals surface area (Å²) in [5, 5.41) is 11.7. The smallest absolute Gasteiger partial charge is 0.271 e. The Hall–Kier alpha value is -2.99. The lowest BCUT2D eigenvalue weighted by molar-refractivity contribution is 0.0919. The molecule has 1 aromatic carbocycles. The number of nitrogens with one attached hydrogen (secondary N) is 3. The van der Waals surface area contributed by atoms with E-state index in [1.165, 1.54) is 35.8 Å². The Labute approximate surface area is 172 Å². The number of sulfonamides is 1. The fourth-order valence-corrected chi connectivity index (χ4v) is 4.10. The molecule has 1 aromatic heterocycles. The van der Waals surface area contributed by atoms with Crippen LogP contribution in [0.3, 0.4) is 0 Å². The lowest BCUT2D eigenvalue weighted by atomic mass is 10.1. The third-order valence-corrected chi connectivity index (χ3v) is 6.09. The number of piperidine rings is 1. The number of carbonyl (C=O) groups excluding carboxylic acids is 2. The zero-order valence-corrected chi connectivity index (χ0v) is 17.3. The van der Waals surface area contributed by atoms with Crippen LogP contribution in [0.2, 0.25) is 0 Å². The minimum absolute atomic E-state index is 0.0294. The molecule has 0 saturated carbocycles. The number of nitrogens with zero attached hydrogens (tertiary/aromatic N) is 2. The van der Waals surface area contributed by atoms with Gasteiger partial charge in [-0.05, 0) is 25.0 Å². The van der Waals surface area contributed by atoms with Crippen LogP contribution in [0.4, 0.5) is 10.1 Å². The number of carbonyl (C=O) groups is 2. The number of rotatable bonds is 6. The average Bonchev–Trinajstić information content (AvgIpc) is 3.15. The Morgan fingerprint density at radius 1 is 1.27 bits per heavy atom. The minimum Gasteiger partial charge on any atom is -0.493 e. The van der Waals surface area contributed by atoms with E-state index in [1.54, 1.807) is 0 Å². The highest BCUT2D eigenvalue weighted by molar-refractivity contribution is 7.88. The molecule has 1 saturated heterocycles. The van der Waals surface area contributed by atoms with Gasteiger partial charge in [0.05, 0.1) is 30.8 Å². The molecule has 162 valence electrons. The molecule has 0 spiro atoms. The van der Waals surface area contributed by atoms with Gasteiger partial charge >= 0.3 is 0 Å². The van der Waals surface area contributed by atoms with Gasteiger partial charge in [0.2, 0.25) is 10.0 Å². The number of hydrogen-bond acceptors (Lipinski definition) is 6. The molecule has 30 heavy (non-hydrogen) atoms. The van der Waals surface area contributed by atoms with E-state index in [0.29, 0.717) is 25.9 Å². The van der Waals surface area contributed by atoms with Gasteiger partial charge in [0.15, 0.2) is 11.6 Å². The van der Waals surface area contributed by atoms with Crippen molar-refractivity contribution < 1.29 is 27.1 Å². The first-order valence-electron chi connectivity index (χ1n) is 9.14. The van der Waals surface area contributed by atoms with Crippen molar-refractivity contribution in [2.24, 2.45) is 0 Å². The predicted molar refractivity (Wildman–Crippen MR) is 106 cm³/mol. The highest BCUT2D eigenvalue weighted by Gasteiger charge is 2.27. The normalized spacial score (nSPS) is 15.6. The minimum atomic E-state index is -3.26. The van der Waals surface area contributed by atoms with Gasteiger partial charge in [-0.1, -0.05) is 6.07 Å². The molecule has 12 heteroatoms. The number of aromatic nitrogens is 2. The van der Waals surface area contributed by atoms with E-state index in [9.17, 15) is 22.4 Å². The maximum atomic E-state index is 13.8. The summed E-state index contributed by atoms with van der Waals surface area (Å²) in [6, 6.07) is 3.72. The van der Waals surface area contributed by atoms with Gasteiger partial charge in [-0.15, -0.1) is 0 Å². The highest BCUT2D eigenvalue weighted by Crippen LogP contribution is 2.24. The Bertz CT molecular complexity index is 1050. The second kappa shape index (κ2) is 8.79. The summed E-state index contributed by atoms with van der Waals surface area (Å²) in [6.07, 6.45) is 3.36. The van der Waals surface area contributed by atoms with Crippen LogP contribution in [0, 0.1) is 5.82 Å². The van der Waals surface area contributed by atoms with Crippen LogP contribution in [-0.2, 0) is 10.0 Å². The third kappa shape index (κ3) is 4.76. The molecule has 0 aliphatic carbocycles. The predicted octanol–water partition coefficient (Wildman–Crippen LogP) is 0.963. The largest absolute Gasteiger partial charge is 0.493 e. The van der Waals surface area contributed by atoms with Crippen molar-refractivity contribution in [3.8, 4) is 5.75 Å².